The normalized spacial score (nSPS) is 8.20. The molecule has 8 nitrogen and oxygen atoms in total. The Morgan fingerprint density at radius 1 is 1.20 bits per heavy atom. The van der Waals surface area contributed by atoms with Crippen molar-refractivity contribution in [1.82, 2.24) is 0 Å². The number of halogens is 1. The smallest absolute Gasteiger partial charge is 0.356 e. The molecule has 0 aromatic rings. The summed E-state index contributed by atoms with van der Waals surface area (Å²) in [5.74, 6) is 0. The van der Waals surface area contributed by atoms with E-state index in [9.17, 15) is 0 Å². The summed E-state index contributed by atoms with van der Waals surface area (Å²) in [4.78, 5) is 8.25. The van der Waals surface area contributed by atoms with Gasteiger partial charge in [-0.25, -0.2) is 0 Å². The molecule has 0 heterocycles. The molecule has 0 spiro atoms. The molecule has 0 saturated heterocycles. The van der Waals surface area contributed by atoms with Gasteiger partial charge in [0, 0.05) is 0 Å². The lowest BCUT2D eigenvalue weighted by Gasteiger charge is -1.74. The first-order valence-corrected chi connectivity index (χ1v) is 2.64. The van der Waals surface area contributed by atoms with Crippen LogP contribution in [0.1, 0.15) is 0 Å². The highest BCUT2D eigenvalue weighted by Gasteiger charge is 1.84. The number of hydrogen-bond acceptors (Lipinski definition) is 5. The second-order valence-electron chi connectivity index (χ2n) is 0.671. The van der Waals surface area contributed by atoms with Crippen molar-refractivity contribution in [3.63, 3.8) is 0 Å². The van der Waals surface area contributed by atoms with Gasteiger partial charge in [0.05, 0.1) is 5.09 Å². The van der Waals surface area contributed by atoms with Gasteiger partial charge >= 0.3 is 10.4 Å². The number of nitrogens with zero attached hydrogens (tertiary/aromatic N) is 1. The lowest BCUT2D eigenvalue weighted by molar-refractivity contribution is -0.402. The minimum Gasteiger partial charge on any atom is -0.356 e. The van der Waals surface area contributed by atoms with Crippen LogP contribution in [0.25, 0.3) is 0 Å². The van der Waals surface area contributed by atoms with Gasteiger partial charge in [0.2, 0.25) is 0 Å². The Balaban J connectivity index is -0.0000000910. The predicted octanol–water partition coefficient (Wildman–Crippen LogP) is -0.470. The molecule has 0 amide bonds. The average molecular weight is 197 g/mol. The van der Waals surface area contributed by atoms with Crippen LogP contribution in [0.2, 0.25) is 0 Å². The summed E-state index contributed by atoms with van der Waals surface area (Å²) in [5.41, 5.74) is 0. The van der Waals surface area contributed by atoms with Crippen molar-refractivity contribution < 1.29 is 22.6 Å². The maximum absolute atomic E-state index is 8.74. The first-order chi connectivity index (χ1) is 3.73. The topological polar surface area (TPSA) is 141 Å². The van der Waals surface area contributed by atoms with E-state index in [0.29, 0.717) is 0 Å². The molecule has 0 aliphatic heterocycles. The largest absolute Gasteiger partial charge is 0.394 e. The molecule has 0 saturated carbocycles. The Hall–Kier alpha value is -0.640. The molecule has 0 aromatic heterocycles. The van der Waals surface area contributed by atoms with Crippen LogP contribution < -0.4 is 0 Å². The van der Waals surface area contributed by atoms with Gasteiger partial charge in [0.15, 0.2) is 0 Å². The van der Waals surface area contributed by atoms with E-state index < -0.39 is 15.5 Å². The molecule has 0 radical (unpaired) electrons. The van der Waals surface area contributed by atoms with Gasteiger partial charge in [-0.3, -0.25) is 9.11 Å². The fraction of sp³-hybridized carbons (Fsp3) is 0. The molecular weight excluding hydrogens is 194 g/mol. The zero-order valence-electron chi connectivity index (χ0n) is 4.20. The van der Waals surface area contributed by atoms with Crippen molar-refractivity contribution in [3.8, 4) is 0 Å². The fourth-order valence-electron chi connectivity index (χ4n) is 0. The van der Waals surface area contributed by atoms with E-state index in [4.69, 9.17) is 32.8 Å². The second-order valence-corrected chi connectivity index (χ2v) is 1.57. The summed E-state index contributed by atoms with van der Waals surface area (Å²) in [7, 11) is -4.67. The van der Waals surface area contributed by atoms with Crippen molar-refractivity contribution in [2.75, 3.05) is 0 Å². The summed E-state index contributed by atoms with van der Waals surface area (Å²) in [6.45, 7) is 0. The summed E-state index contributed by atoms with van der Waals surface area (Å²) in [5, 5.41) is 14.8. The second kappa shape index (κ2) is 6.48. The monoisotopic (exact) mass is 196 g/mol. The third kappa shape index (κ3) is 727. The minimum atomic E-state index is -4.67. The fourth-order valence-corrected chi connectivity index (χ4v) is 0. The molecule has 10 heteroatoms. The molecule has 64 valence electrons. The highest BCUT2D eigenvalue weighted by Crippen LogP contribution is 1.59. The highest BCUT2D eigenvalue weighted by atomic mass is 35.5. The zero-order valence-corrected chi connectivity index (χ0v) is 5.83. The van der Waals surface area contributed by atoms with E-state index in [2.05, 4.69) is 0 Å². The SMILES string of the molecule is Cl.O=S(=O)(O)O.O=[N+]([O-])[O-]. The predicted molar refractivity (Wildman–Crippen MR) is 31.8 cm³/mol. The van der Waals surface area contributed by atoms with Crippen LogP contribution >= 0.6 is 12.4 Å². The van der Waals surface area contributed by atoms with Crippen LogP contribution in [0.15, 0.2) is 0 Å². The van der Waals surface area contributed by atoms with Crippen LogP contribution in [0.5, 0.6) is 0 Å². The first kappa shape index (κ1) is 16.2. The molecule has 0 aliphatic rings. The van der Waals surface area contributed by atoms with Gasteiger partial charge in [0.25, 0.3) is 0 Å². The Bertz CT molecular complexity index is 156. The van der Waals surface area contributed by atoms with Gasteiger partial charge in [0.1, 0.15) is 0 Å². The zero-order chi connectivity index (χ0) is 8.08. The standard InChI is InChI=1S/ClH.NO3.H2O4S/c;2-1(3)4;1-5(2,3)4/h1H;;(H2,1,2,3,4)/q;-1;. The molecule has 0 fully saturated rings. The lowest BCUT2D eigenvalue weighted by atomic mass is 13.1. The number of hydrogen-bond donors (Lipinski definition) is 2. The van der Waals surface area contributed by atoms with Crippen LogP contribution in [-0.2, 0) is 10.4 Å². The molecule has 10 heavy (non-hydrogen) atoms. The Labute approximate surface area is 61.6 Å². The summed E-state index contributed by atoms with van der Waals surface area (Å²) < 4.78 is 31.6. The van der Waals surface area contributed by atoms with E-state index in [1.807, 2.05) is 0 Å². The molecule has 0 bridgehead atoms. The summed E-state index contributed by atoms with van der Waals surface area (Å²) in [6, 6.07) is 0. The van der Waals surface area contributed by atoms with Gasteiger partial charge in [-0.1, -0.05) is 0 Å². The summed E-state index contributed by atoms with van der Waals surface area (Å²) >= 11 is 0. The third-order valence-electron chi connectivity index (χ3n) is 0. The van der Waals surface area contributed by atoms with Gasteiger partial charge in [-0.05, 0) is 0 Å². The van der Waals surface area contributed by atoms with E-state index in [-0.39, 0.29) is 12.4 Å². The van der Waals surface area contributed by atoms with Gasteiger partial charge in [-0.15, -0.1) is 12.4 Å². The molecule has 0 aromatic carbocycles. The minimum absolute atomic E-state index is 0. The van der Waals surface area contributed by atoms with Crippen molar-refractivity contribution in [2.45, 2.75) is 0 Å². The van der Waals surface area contributed by atoms with Crippen molar-refractivity contribution >= 4 is 22.8 Å². The van der Waals surface area contributed by atoms with Gasteiger partial charge < -0.3 is 15.3 Å². The Kier molecular flexibility index (Phi) is 10.5. The Morgan fingerprint density at radius 3 is 1.20 bits per heavy atom. The highest BCUT2D eigenvalue weighted by molar-refractivity contribution is 7.79. The molecule has 0 aliphatic carbocycles. The molecule has 0 unspecified atom stereocenters. The number of rotatable bonds is 0. The van der Waals surface area contributed by atoms with Crippen molar-refractivity contribution in [2.24, 2.45) is 0 Å². The molecule has 2 N–H and O–H groups in total. The van der Waals surface area contributed by atoms with Gasteiger partial charge in [-0.2, -0.15) is 8.42 Å². The average Bonchev–Trinajstić information content (AvgIpc) is 1.19. The van der Waals surface area contributed by atoms with Crippen molar-refractivity contribution in [1.29, 1.82) is 0 Å². The van der Waals surface area contributed by atoms with Crippen molar-refractivity contribution in [3.05, 3.63) is 15.3 Å². The first-order valence-electron chi connectivity index (χ1n) is 1.25. The van der Waals surface area contributed by atoms with Crippen LogP contribution in [0.3, 0.4) is 0 Å². The van der Waals surface area contributed by atoms with Crippen LogP contribution in [0.4, 0.5) is 0 Å². The third-order valence-corrected chi connectivity index (χ3v) is 0. The van der Waals surface area contributed by atoms with E-state index in [1.165, 1.54) is 0 Å². The molecule has 0 atom stereocenters. The molecule has 0 rings (SSSR count). The maximum Gasteiger partial charge on any atom is 0.394 e. The summed E-state index contributed by atoms with van der Waals surface area (Å²) in [6.07, 6.45) is 0. The maximum atomic E-state index is 8.74. The van der Waals surface area contributed by atoms with E-state index in [0.717, 1.165) is 0 Å². The quantitative estimate of drug-likeness (QED) is 0.303. The van der Waals surface area contributed by atoms with E-state index in [1.54, 1.807) is 0 Å². The van der Waals surface area contributed by atoms with Crippen LogP contribution in [0, 0.1) is 15.3 Å². The van der Waals surface area contributed by atoms with E-state index >= 15 is 0 Å². The Morgan fingerprint density at radius 2 is 1.20 bits per heavy atom. The molecular formula is H3ClNO7S-. The van der Waals surface area contributed by atoms with Crippen LogP contribution in [-0.4, -0.2) is 22.6 Å². The lowest BCUT2D eigenvalue weighted by Crippen LogP contribution is -1.89.